The first kappa shape index (κ1) is 13.8. The zero-order valence-corrected chi connectivity index (χ0v) is 10.9. The molecule has 0 saturated heterocycles. The Balaban J connectivity index is 2.05. The number of benzene rings is 2. The molecule has 6 heteroatoms. The molecule has 0 atom stereocenters. The number of ether oxygens (including phenoxy) is 1. The summed E-state index contributed by atoms with van der Waals surface area (Å²) in [5.74, 6) is 1.27. The number of hydrogen-bond donors (Lipinski definition) is 2. The summed E-state index contributed by atoms with van der Waals surface area (Å²) in [6.07, 6.45) is 0. The molecular weight excluding hydrogens is 267 g/mol. The lowest BCUT2D eigenvalue weighted by Crippen LogP contribution is -1.92. The van der Waals surface area contributed by atoms with Gasteiger partial charge in [0.1, 0.15) is 11.5 Å². The van der Waals surface area contributed by atoms with Gasteiger partial charge in [0.25, 0.3) is 0 Å². The summed E-state index contributed by atoms with van der Waals surface area (Å²) in [5.41, 5.74) is 0.622. The molecular formula is C13H13O5P. The lowest BCUT2D eigenvalue weighted by atomic mass is 10.2. The Morgan fingerprint density at radius 2 is 1.63 bits per heavy atom. The van der Waals surface area contributed by atoms with E-state index in [4.69, 9.17) is 14.5 Å². The molecule has 2 aromatic carbocycles. The van der Waals surface area contributed by atoms with Gasteiger partial charge in [-0.3, -0.25) is 4.52 Å². The molecule has 2 rings (SSSR count). The first-order chi connectivity index (χ1) is 9.03. The zero-order valence-electron chi connectivity index (χ0n) is 9.97. The van der Waals surface area contributed by atoms with Crippen molar-refractivity contribution in [3.05, 3.63) is 60.2 Å². The van der Waals surface area contributed by atoms with Gasteiger partial charge in [-0.1, -0.05) is 30.3 Å². The van der Waals surface area contributed by atoms with Gasteiger partial charge in [-0.25, -0.2) is 4.57 Å². The second kappa shape index (κ2) is 5.99. The number of phosphoric ester groups is 1. The molecule has 0 spiro atoms. The molecule has 19 heavy (non-hydrogen) atoms. The van der Waals surface area contributed by atoms with E-state index in [0.717, 1.165) is 0 Å². The molecule has 0 saturated carbocycles. The molecule has 100 valence electrons. The molecule has 0 radical (unpaired) electrons. The number of hydrogen-bond acceptors (Lipinski definition) is 3. The van der Waals surface area contributed by atoms with Crippen LogP contribution >= 0.6 is 7.82 Å². The highest BCUT2D eigenvalue weighted by Gasteiger charge is 2.13. The molecule has 5 nitrogen and oxygen atoms in total. The van der Waals surface area contributed by atoms with Crippen LogP contribution in [-0.4, -0.2) is 9.79 Å². The molecule has 0 aliphatic heterocycles. The van der Waals surface area contributed by atoms with Crippen molar-refractivity contribution in [3.8, 4) is 11.5 Å². The van der Waals surface area contributed by atoms with E-state index in [1.807, 2.05) is 30.3 Å². The van der Waals surface area contributed by atoms with Gasteiger partial charge in [0, 0.05) is 0 Å². The van der Waals surface area contributed by atoms with Crippen LogP contribution in [0.2, 0.25) is 0 Å². The highest BCUT2D eigenvalue weighted by atomic mass is 31.2. The van der Waals surface area contributed by atoms with Crippen LogP contribution in [0, 0.1) is 0 Å². The van der Waals surface area contributed by atoms with Crippen molar-refractivity contribution in [2.45, 2.75) is 6.61 Å². The summed E-state index contributed by atoms with van der Waals surface area (Å²) < 4.78 is 20.7. The van der Waals surface area contributed by atoms with Crippen molar-refractivity contribution in [2.75, 3.05) is 0 Å². The minimum Gasteiger partial charge on any atom is -0.457 e. The normalized spacial score (nSPS) is 11.3. The van der Waals surface area contributed by atoms with Gasteiger partial charge in [-0.05, 0) is 29.8 Å². The molecule has 2 N–H and O–H groups in total. The Hall–Kier alpha value is -1.65. The Morgan fingerprint density at radius 1 is 0.947 bits per heavy atom. The van der Waals surface area contributed by atoms with Crippen LogP contribution in [0.25, 0.3) is 0 Å². The van der Waals surface area contributed by atoms with Gasteiger partial charge in [-0.2, -0.15) is 0 Å². The van der Waals surface area contributed by atoms with E-state index in [-0.39, 0.29) is 6.61 Å². The van der Waals surface area contributed by atoms with E-state index in [1.54, 1.807) is 24.3 Å². The van der Waals surface area contributed by atoms with E-state index >= 15 is 0 Å². The lowest BCUT2D eigenvalue weighted by molar-refractivity contribution is 0.189. The summed E-state index contributed by atoms with van der Waals surface area (Å²) in [7, 11) is -4.45. The Morgan fingerprint density at radius 3 is 2.32 bits per heavy atom. The minimum absolute atomic E-state index is 0.170. The van der Waals surface area contributed by atoms with Gasteiger partial charge in [0.05, 0.1) is 6.61 Å². The largest absolute Gasteiger partial charge is 0.469 e. The van der Waals surface area contributed by atoms with Crippen molar-refractivity contribution in [3.63, 3.8) is 0 Å². The van der Waals surface area contributed by atoms with Crippen molar-refractivity contribution >= 4 is 7.82 Å². The number of para-hydroxylation sites is 1. The maximum atomic E-state index is 10.6. The van der Waals surface area contributed by atoms with Crippen molar-refractivity contribution < 1.29 is 23.6 Å². The average molecular weight is 280 g/mol. The van der Waals surface area contributed by atoms with Crippen LogP contribution in [-0.2, 0) is 15.7 Å². The smallest absolute Gasteiger partial charge is 0.457 e. The second-order valence-electron chi connectivity index (χ2n) is 3.83. The van der Waals surface area contributed by atoms with E-state index in [9.17, 15) is 4.57 Å². The first-order valence-electron chi connectivity index (χ1n) is 5.55. The number of rotatable bonds is 5. The molecule has 0 unspecified atom stereocenters. The van der Waals surface area contributed by atoms with Crippen LogP contribution in [0.15, 0.2) is 54.6 Å². The molecule has 0 heterocycles. The van der Waals surface area contributed by atoms with Crippen molar-refractivity contribution in [1.82, 2.24) is 0 Å². The summed E-state index contributed by atoms with van der Waals surface area (Å²) >= 11 is 0. The van der Waals surface area contributed by atoms with Gasteiger partial charge < -0.3 is 14.5 Å². The first-order valence-corrected chi connectivity index (χ1v) is 7.08. The highest BCUT2D eigenvalue weighted by Crippen LogP contribution is 2.37. The van der Waals surface area contributed by atoms with E-state index < -0.39 is 7.82 Å². The Kier molecular flexibility index (Phi) is 4.35. The van der Waals surface area contributed by atoms with E-state index in [0.29, 0.717) is 17.1 Å². The van der Waals surface area contributed by atoms with Gasteiger partial charge in [0.15, 0.2) is 0 Å². The third-order valence-electron chi connectivity index (χ3n) is 2.28. The summed E-state index contributed by atoms with van der Waals surface area (Å²) in [6.45, 7) is -0.170. The van der Waals surface area contributed by atoms with Crippen LogP contribution in [0.3, 0.4) is 0 Å². The lowest BCUT2D eigenvalue weighted by Gasteiger charge is -2.08. The van der Waals surface area contributed by atoms with Gasteiger partial charge in [-0.15, -0.1) is 0 Å². The monoisotopic (exact) mass is 280 g/mol. The molecule has 0 fully saturated rings. The fourth-order valence-electron chi connectivity index (χ4n) is 1.48. The van der Waals surface area contributed by atoms with Gasteiger partial charge in [0.2, 0.25) is 0 Å². The molecule has 2 aromatic rings. The van der Waals surface area contributed by atoms with Crippen molar-refractivity contribution in [2.24, 2.45) is 0 Å². The predicted molar refractivity (Wildman–Crippen MR) is 69.8 cm³/mol. The quantitative estimate of drug-likeness (QED) is 0.823. The van der Waals surface area contributed by atoms with Crippen LogP contribution in [0.5, 0.6) is 11.5 Å². The molecule has 0 bridgehead atoms. The summed E-state index contributed by atoms with van der Waals surface area (Å²) in [5, 5.41) is 0. The average Bonchev–Trinajstić information content (AvgIpc) is 2.37. The third-order valence-corrected chi connectivity index (χ3v) is 2.74. The second-order valence-corrected chi connectivity index (χ2v) is 5.07. The molecule has 0 amide bonds. The predicted octanol–water partition coefficient (Wildman–Crippen LogP) is 3.09. The fourth-order valence-corrected chi connectivity index (χ4v) is 1.80. The van der Waals surface area contributed by atoms with Crippen molar-refractivity contribution in [1.29, 1.82) is 0 Å². The zero-order chi connectivity index (χ0) is 13.7. The SMILES string of the molecule is O=P(O)(O)OCc1cccc(Oc2ccccc2)c1. The molecule has 0 aliphatic carbocycles. The Bertz CT molecular complexity index is 579. The molecule has 0 aromatic heterocycles. The third kappa shape index (κ3) is 4.85. The van der Waals surface area contributed by atoms with Crippen LogP contribution < -0.4 is 4.74 Å². The maximum Gasteiger partial charge on any atom is 0.469 e. The van der Waals surface area contributed by atoms with E-state index in [1.165, 1.54) is 0 Å². The topological polar surface area (TPSA) is 76.0 Å². The van der Waals surface area contributed by atoms with Crippen LogP contribution in [0.1, 0.15) is 5.56 Å². The maximum absolute atomic E-state index is 10.6. The summed E-state index contributed by atoms with van der Waals surface area (Å²) in [6, 6.07) is 16.1. The number of phosphoric acid groups is 1. The van der Waals surface area contributed by atoms with E-state index in [2.05, 4.69) is 4.52 Å². The van der Waals surface area contributed by atoms with Crippen LogP contribution in [0.4, 0.5) is 0 Å². The summed E-state index contributed by atoms with van der Waals surface area (Å²) in [4.78, 5) is 17.3. The standard InChI is InChI=1S/C13H13O5P/c14-19(15,16)17-10-11-5-4-8-13(9-11)18-12-6-2-1-3-7-12/h1-9H,10H2,(H2,14,15,16). The Labute approximate surface area is 110 Å². The fraction of sp³-hybridized carbons (Fsp3) is 0.0769. The molecule has 0 aliphatic rings. The van der Waals surface area contributed by atoms with Gasteiger partial charge >= 0.3 is 7.82 Å². The highest BCUT2D eigenvalue weighted by molar-refractivity contribution is 7.46. The minimum atomic E-state index is -4.45.